The van der Waals surface area contributed by atoms with Gasteiger partial charge < -0.3 is 11.1 Å². The first kappa shape index (κ1) is 13.1. The first-order chi connectivity index (χ1) is 9.01. The Balaban J connectivity index is 2.27. The van der Waals surface area contributed by atoms with Gasteiger partial charge >= 0.3 is 0 Å². The monoisotopic (exact) mass is 258 g/mol. The fourth-order valence-corrected chi connectivity index (χ4v) is 1.97. The van der Waals surface area contributed by atoms with E-state index in [0.29, 0.717) is 11.3 Å². The van der Waals surface area contributed by atoms with Crippen molar-refractivity contribution in [1.29, 1.82) is 0 Å². The van der Waals surface area contributed by atoms with Crippen LogP contribution >= 0.6 is 0 Å². The smallest absolute Gasteiger partial charge is 0.256 e. The Bertz CT molecular complexity index is 616. The largest absolute Gasteiger partial charge is 0.399 e. The summed E-state index contributed by atoms with van der Waals surface area (Å²) >= 11 is 0. The molecule has 0 saturated heterocycles. The number of hydrogen-bond donors (Lipinski definition) is 2. The Morgan fingerprint density at radius 3 is 2.89 bits per heavy atom. The number of benzene rings is 1. The maximum Gasteiger partial charge on any atom is 0.256 e. The van der Waals surface area contributed by atoms with Gasteiger partial charge in [-0.3, -0.25) is 9.48 Å². The molecule has 0 radical (unpaired) electrons. The number of nitrogens with two attached hydrogens (primary N) is 1. The summed E-state index contributed by atoms with van der Waals surface area (Å²) < 4.78 is 1.70. The van der Waals surface area contributed by atoms with Gasteiger partial charge in [-0.25, -0.2) is 0 Å². The van der Waals surface area contributed by atoms with Crippen LogP contribution in [0.25, 0.3) is 0 Å². The maximum absolute atomic E-state index is 12.3. The summed E-state index contributed by atoms with van der Waals surface area (Å²) in [5.41, 5.74) is 9.41. The van der Waals surface area contributed by atoms with E-state index in [9.17, 15) is 4.79 Å². The molecule has 1 amide bonds. The second kappa shape index (κ2) is 5.14. The highest BCUT2D eigenvalue weighted by atomic mass is 16.1. The highest BCUT2D eigenvalue weighted by molar-refractivity contribution is 6.06. The molecular formula is C14H18N4O. The molecule has 1 aromatic heterocycles. The molecule has 0 unspecified atom stereocenters. The van der Waals surface area contributed by atoms with E-state index in [2.05, 4.69) is 10.4 Å². The number of hydrogen-bond acceptors (Lipinski definition) is 3. The first-order valence-electron chi connectivity index (χ1n) is 6.21. The van der Waals surface area contributed by atoms with Crippen LogP contribution in [0, 0.1) is 6.92 Å². The third kappa shape index (κ3) is 2.76. The minimum absolute atomic E-state index is 0.160. The Morgan fingerprint density at radius 1 is 1.47 bits per heavy atom. The van der Waals surface area contributed by atoms with Crippen LogP contribution in [0.5, 0.6) is 0 Å². The van der Waals surface area contributed by atoms with Gasteiger partial charge in [0.25, 0.3) is 5.91 Å². The quantitative estimate of drug-likeness (QED) is 0.828. The summed E-state index contributed by atoms with van der Waals surface area (Å²) in [6.07, 6.45) is 2.57. The number of aryl methyl sites for hydroxylation is 3. The summed E-state index contributed by atoms with van der Waals surface area (Å²) in [5, 5.41) is 7.18. The van der Waals surface area contributed by atoms with E-state index < -0.39 is 0 Å². The van der Waals surface area contributed by atoms with E-state index in [1.807, 2.05) is 27.0 Å². The summed E-state index contributed by atoms with van der Waals surface area (Å²) in [6.45, 7) is 3.89. The molecular weight excluding hydrogens is 240 g/mol. The second-order valence-electron chi connectivity index (χ2n) is 4.55. The molecule has 1 heterocycles. The third-order valence-corrected chi connectivity index (χ3v) is 2.99. The zero-order valence-corrected chi connectivity index (χ0v) is 11.4. The molecule has 0 bridgehead atoms. The number of carbonyl (C=O) groups is 1. The number of nitrogens with zero attached hydrogens (tertiary/aromatic N) is 2. The van der Waals surface area contributed by atoms with Crippen molar-refractivity contribution in [2.24, 2.45) is 7.05 Å². The Hall–Kier alpha value is -2.30. The van der Waals surface area contributed by atoms with Crippen LogP contribution in [0.15, 0.2) is 24.4 Å². The average Bonchev–Trinajstić information content (AvgIpc) is 2.72. The molecule has 5 heteroatoms. The minimum atomic E-state index is -0.160. The van der Waals surface area contributed by atoms with Gasteiger partial charge in [0.15, 0.2) is 0 Å². The van der Waals surface area contributed by atoms with Gasteiger partial charge in [-0.1, -0.05) is 13.0 Å². The van der Waals surface area contributed by atoms with E-state index in [0.717, 1.165) is 23.4 Å². The van der Waals surface area contributed by atoms with E-state index in [4.69, 9.17) is 5.73 Å². The molecule has 3 N–H and O–H groups in total. The molecule has 0 aliphatic heterocycles. The minimum Gasteiger partial charge on any atom is -0.399 e. The van der Waals surface area contributed by atoms with E-state index >= 15 is 0 Å². The lowest BCUT2D eigenvalue weighted by Gasteiger charge is -2.08. The normalized spacial score (nSPS) is 10.5. The molecule has 19 heavy (non-hydrogen) atoms. The number of rotatable bonds is 3. The highest BCUT2D eigenvalue weighted by Crippen LogP contribution is 2.18. The molecule has 0 spiro atoms. The van der Waals surface area contributed by atoms with Crippen molar-refractivity contribution >= 4 is 17.3 Å². The van der Waals surface area contributed by atoms with Crippen molar-refractivity contribution in [3.63, 3.8) is 0 Å². The van der Waals surface area contributed by atoms with Gasteiger partial charge in [0.1, 0.15) is 0 Å². The van der Waals surface area contributed by atoms with Crippen LogP contribution in [0.1, 0.15) is 28.5 Å². The fourth-order valence-electron chi connectivity index (χ4n) is 1.97. The Labute approximate surface area is 112 Å². The number of nitrogens with one attached hydrogen (secondary N) is 1. The number of anilines is 2. The molecule has 0 fully saturated rings. The molecule has 0 saturated carbocycles. The van der Waals surface area contributed by atoms with Gasteiger partial charge in [-0.05, 0) is 31.0 Å². The van der Waals surface area contributed by atoms with Crippen LogP contribution in [-0.4, -0.2) is 15.7 Å². The predicted octanol–water partition coefficient (Wildman–Crippen LogP) is 2.13. The molecule has 0 aliphatic carbocycles. The van der Waals surface area contributed by atoms with Crippen molar-refractivity contribution in [2.45, 2.75) is 20.3 Å². The number of aromatic nitrogens is 2. The third-order valence-electron chi connectivity index (χ3n) is 2.99. The van der Waals surface area contributed by atoms with Crippen molar-refractivity contribution in [1.82, 2.24) is 9.78 Å². The van der Waals surface area contributed by atoms with Crippen molar-refractivity contribution in [3.8, 4) is 0 Å². The molecule has 0 aliphatic rings. The molecule has 100 valence electrons. The lowest BCUT2D eigenvalue weighted by Crippen LogP contribution is -2.14. The van der Waals surface area contributed by atoms with Crippen LogP contribution in [0.4, 0.5) is 11.4 Å². The van der Waals surface area contributed by atoms with Crippen molar-refractivity contribution in [3.05, 3.63) is 41.2 Å². The Morgan fingerprint density at radius 2 is 2.21 bits per heavy atom. The van der Waals surface area contributed by atoms with E-state index in [1.165, 1.54) is 0 Å². The standard InChI is InChI=1S/C14H18N4O/c1-4-12-13(8-18(3)17-12)16-14(19)11-7-10(15)6-5-9(11)2/h5-8H,4,15H2,1-3H3,(H,16,19). The van der Waals surface area contributed by atoms with Gasteiger partial charge in [-0.15, -0.1) is 0 Å². The highest BCUT2D eigenvalue weighted by Gasteiger charge is 2.13. The first-order valence-corrected chi connectivity index (χ1v) is 6.21. The van der Waals surface area contributed by atoms with Crippen molar-refractivity contribution in [2.75, 3.05) is 11.1 Å². The van der Waals surface area contributed by atoms with Gasteiger partial charge in [0.05, 0.1) is 11.4 Å². The summed E-state index contributed by atoms with van der Waals surface area (Å²) in [6, 6.07) is 5.31. The summed E-state index contributed by atoms with van der Waals surface area (Å²) in [5.74, 6) is -0.160. The maximum atomic E-state index is 12.3. The summed E-state index contributed by atoms with van der Waals surface area (Å²) in [4.78, 5) is 12.3. The summed E-state index contributed by atoms with van der Waals surface area (Å²) in [7, 11) is 1.83. The van der Waals surface area contributed by atoms with Crippen LogP contribution < -0.4 is 11.1 Å². The number of amides is 1. The Kier molecular flexibility index (Phi) is 3.55. The van der Waals surface area contributed by atoms with Crippen LogP contribution in [-0.2, 0) is 13.5 Å². The molecule has 5 nitrogen and oxygen atoms in total. The van der Waals surface area contributed by atoms with E-state index in [1.54, 1.807) is 23.0 Å². The molecule has 2 aromatic rings. The topological polar surface area (TPSA) is 72.9 Å². The van der Waals surface area contributed by atoms with Gasteiger partial charge in [0, 0.05) is 24.5 Å². The van der Waals surface area contributed by atoms with Crippen molar-refractivity contribution < 1.29 is 4.79 Å². The number of carbonyl (C=O) groups excluding carboxylic acids is 1. The van der Waals surface area contributed by atoms with Gasteiger partial charge in [0.2, 0.25) is 0 Å². The van der Waals surface area contributed by atoms with Crippen LogP contribution in [0.3, 0.4) is 0 Å². The molecule has 2 rings (SSSR count). The zero-order valence-electron chi connectivity index (χ0n) is 11.4. The van der Waals surface area contributed by atoms with Gasteiger partial charge in [-0.2, -0.15) is 5.10 Å². The lowest BCUT2D eigenvalue weighted by molar-refractivity contribution is 0.102. The number of nitrogen functional groups attached to an aromatic ring is 1. The second-order valence-corrected chi connectivity index (χ2v) is 4.55. The molecule has 1 aromatic carbocycles. The fraction of sp³-hybridized carbons (Fsp3) is 0.286. The average molecular weight is 258 g/mol. The van der Waals surface area contributed by atoms with E-state index in [-0.39, 0.29) is 5.91 Å². The predicted molar refractivity (Wildman–Crippen MR) is 76.1 cm³/mol. The zero-order chi connectivity index (χ0) is 14.0. The molecule has 0 atom stereocenters. The SMILES string of the molecule is CCc1nn(C)cc1NC(=O)c1cc(N)ccc1C. The lowest BCUT2D eigenvalue weighted by atomic mass is 10.1. The van der Waals surface area contributed by atoms with Crippen LogP contribution in [0.2, 0.25) is 0 Å².